The highest BCUT2D eigenvalue weighted by Crippen LogP contribution is 2.19. The van der Waals surface area contributed by atoms with E-state index in [1.807, 2.05) is 42.5 Å². The first-order valence-electron chi connectivity index (χ1n) is 7.88. The van der Waals surface area contributed by atoms with Gasteiger partial charge in [-0.1, -0.05) is 18.2 Å². The Morgan fingerprint density at radius 2 is 1.78 bits per heavy atom. The summed E-state index contributed by atoms with van der Waals surface area (Å²) in [6.45, 7) is 4.02. The third-order valence-corrected chi connectivity index (χ3v) is 4.28. The molecule has 1 aliphatic heterocycles. The number of piperazine rings is 1. The highest BCUT2D eigenvalue weighted by Gasteiger charge is 2.18. The van der Waals surface area contributed by atoms with Gasteiger partial charge in [0.25, 0.3) is 5.91 Å². The Morgan fingerprint density at radius 1 is 1.09 bits per heavy atom. The Morgan fingerprint density at radius 3 is 2.48 bits per heavy atom. The maximum atomic E-state index is 12.7. The van der Waals surface area contributed by atoms with Crippen LogP contribution in [0.4, 0.5) is 11.4 Å². The van der Waals surface area contributed by atoms with Crippen LogP contribution in [0.1, 0.15) is 10.5 Å². The number of hydrogen-bond acceptors (Lipinski definition) is 4. The second-order valence-electron chi connectivity index (χ2n) is 5.89. The first kappa shape index (κ1) is 15.5. The predicted molar refractivity (Wildman–Crippen MR) is 93.1 cm³/mol. The summed E-state index contributed by atoms with van der Waals surface area (Å²) < 4.78 is 0. The van der Waals surface area contributed by atoms with Crippen molar-refractivity contribution in [1.29, 1.82) is 0 Å². The van der Waals surface area contributed by atoms with Crippen molar-refractivity contribution in [2.75, 3.05) is 50.1 Å². The number of aromatic nitrogens is 1. The van der Waals surface area contributed by atoms with Crippen molar-refractivity contribution in [3.05, 3.63) is 54.4 Å². The average molecular weight is 310 g/mol. The van der Waals surface area contributed by atoms with E-state index in [-0.39, 0.29) is 5.91 Å². The van der Waals surface area contributed by atoms with Crippen LogP contribution in [0.15, 0.2) is 48.7 Å². The molecule has 0 saturated carbocycles. The summed E-state index contributed by atoms with van der Waals surface area (Å²) in [5, 5.41) is 0. The van der Waals surface area contributed by atoms with Gasteiger partial charge in [0, 0.05) is 50.8 Å². The summed E-state index contributed by atoms with van der Waals surface area (Å²) in [6, 6.07) is 13.5. The lowest BCUT2D eigenvalue weighted by Crippen LogP contribution is -2.44. The monoisotopic (exact) mass is 310 g/mol. The van der Waals surface area contributed by atoms with Gasteiger partial charge in [-0.15, -0.1) is 0 Å². The van der Waals surface area contributed by atoms with E-state index in [0.717, 1.165) is 37.6 Å². The van der Waals surface area contributed by atoms with Crippen molar-refractivity contribution in [3.63, 3.8) is 0 Å². The minimum atomic E-state index is -0.0906. The number of carbonyl (C=O) groups is 1. The van der Waals surface area contributed by atoms with E-state index < -0.39 is 0 Å². The van der Waals surface area contributed by atoms with Crippen molar-refractivity contribution < 1.29 is 4.79 Å². The molecule has 2 aromatic rings. The Kier molecular flexibility index (Phi) is 4.57. The molecule has 3 rings (SSSR count). The Bertz CT molecular complexity index is 666. The maximum Gasteiger partial charge on any atom is 0.276 e. The molecule has 120 valence electrons. The molecule has 0 spiro atoms. The zero-order valence-electron chi connectivity index (χ0n) is 13.6. The lowest BCUT2D eigenvalue weighted by Gasteiger charge is -2.34. The van der Waals surface area contributed by atoms with Crippen LogP contribution in [0.5, 0.6) is 0 Å². The van der Waals surface area contributed by atoms with Crippen molar-refractivity contribution in [1.82, 2.24) is 9.88 Å². The molecule has 0 bridgehead atoms. The van der Waals surface area contributed by atoms with Crippen LogP contribution in [-0.4, -0.2) is 56.1 Å². The number of carbonyl (C=O) groups excluding carboxylic acids is 1. The third-order valence-electron chi connectivity index (χ3n) is 4.28. The van der Waals surface area contributed by atoms with Gasteiger partial charge >= 0.3 is 0 Å². The third kappa shape index (κ3) is 3.51. The molecule has 0 radical (unpaired) electrons. The molecule has 5 nitrogen and oxygen atoms in total. The van der Waals surface area contributed by atoms with Crippen LogP contribution in [0, 0.1) is 0 Å². The normalized spacial score (nSPS) is 15.5. The fraction of sp³-hybridized carbons (Fsp3) is 0.333. The van der Waals surface area contributed by atoms with Crippen LogP contribution >= 0.6 is 0 Å². The number of para-hydroxylation sites is 1. The molecule has 0 atom stereocenters. The summed E-state index contributed by atoms with van der Waals surface area (Å²) in [5.41, 5.74) is 2.41. The smallest absolute Gasteiger partial charge is 0.276 e. The summed E-state index contributed by atoms with van der Waals surface area (Å²) >= 11 is 0. The Hall–Kier alpha value is -2.40. The minimum Gasteiger partial charge on any atom is -0.369 e. The van der Waals surface area contributed by atoms with Crippen molar-refractivity contribution >= 4 is 17.3 Å². The first-order valence-corrected chi connectivity index (χ1v) is 7.88. The SMILES string of the molecule is CN1CCN(c2ccnc(C(=O)N(C)c3ccccc3)c2)CC1. The number of benzene rings is 1. The summed E-state index contributed by atoms with van der Waals surface area (Å²) in [5.74, 6) is -0.0906. The van der Waals surface area contributed by atoms with Crippen molar-refractivity contribution in [3.8, 4) is 0 Å². The molecule has 1 saturated heterocycles. The van der Waals surface area contributed by atoms with Crippen LogP contribution in [0.2, 0.25) is 0 Å². The highest BCUT2D eigenvalue weighted by atomic mass is 16.2. The number of amides is 1. The zero-order valence-corrected chi connectivity index (χ0v) is 13.6. The molecule has 0 N–H and O–H groups in total. The molecule has 5 heteroatoms. The number of likely N-dealkylation sites (N-methyl/N-ethyl adjacent to an activating group) is 1. The molecule has 1 aliphatic rings. The first-order chi connectivity index (χ1) is 11.1. The van der Waals surface area contributed by atoms with Crippen molar-refractivity contribution in [2.24, 2.45) is 0 Å². The molecule has 2 heterocycles. The molecule has 1 aromatic carbocycles. The predicted octanol–water partition coefficient (Wildman–Crippen LogP) is 2.11. The Labute approximate surface area is 137 Å². The van der Waals surface area contributed by atoms with E-state index in [4.69, 9.17) is 0 Å². The summed E-state index contributed by atoms with van der Waals surface area (Å²) in [6.07, 6.45) is 1.72. The van der Waals surface area contributed by atoms with E-state index in [1.165, 1.54) is 0 Å². The van der Waals surface area contributed by atoms with E-state index in [0.29, 0.717) is 5.69 Å². The second kappa shape index (κ2) is 6.79. The lowest BCUT2D eigenvalue weighted by molar-refractivity contribution is 0.0988. The van der Waals surface area contributed by atoms with Gasteiger partial charge in [0.1, 0.15) is 5.69 Å². The largest absolute Gasteiger partial charge is 0.369 e. The zero-order chi connectivity index (χ0) is 16.2. The maximum absolute atomic E-state index is 12.7. The Balaban J connectivity index is 1.78. The number of nitrogens with zero attached hydrogens (tertiary/aromatic N) is 4. The second-order valence-corrected chi connectivity index (χ2v) is 5.89. The van der Waals surface area contributed by atoms with E-state index in [2.05, 4.69) is 21.8 Å². The standard InChI is InChI=1S/C18H22N4O/c1-20-10-12-22(13-11-20)16-8-9-19-17(14-16)18(23)21(2)15-6-4-3-5-7-15/h3-9,14H,10-13H2,1-2H3. The van der Waals surface area contributed by atoms with Gasteiger partial charge in [0.05, 0.1) is 0 Å². The quantitative estimate of drug-likeness (QED) is 0.870. The van der Waals surface area contributed by atoms with Gasteiger partial charge in [0.15, 0.2) is 0 Å². The topological polar surface area (TPSA) is 39.7 Å². The number of anilines is 2. The van der Waals surface area contributed by atoms with E-state index in [9.17, 15) is 4.79 Å². The van der Waals surface area contributed by atoms with Crippen LogP contribution < -0.4 is 9.80 Å². The molecule has 1 fully saturated rings. The van der Waals surface area contributed by atoms with Gasteiger partial charge < -0.3 is 14.7 Å². The van der Waals surface area contributed by atoms with E-state index in [1.54, 1.807) is 18.1 Å². The van der Waals surface area contributed by atoms with Gasteiger partial charge in [-0.05, 0) is 31.3 Å². The molecule has 1 aromatic heterocycles. The fourth-order valence-electron chi connectivity index (χ4n) is 2.74. The number of hydrogen-bond donors (Lipinski definition) is 0. The number of pyridine rings is 1. The van der Waals surface area contributed by atoms with Gasteiger partial charge in [-0.25, -0.2) is 0 Å². The molecular formula is C18H22N4O. The highest BCUT2D eigenvalue weighted by molar-refractivity contribution is 6.04. The van der Waals surface area contributed by atoms with Crippen LogP contribution in [0.3, 0.4) is 0 Å². The minimum absolute atomic E-state index is 0.0906. The number of rotatable bonds is 3. The lowest BCUT2D eigenvalue weighted by atomic mass is 10.2. The fourth-order valence-corrected chi connectivity index (χ4v) is 2.74. The summed E-state index contributed by atoms with van der Waals surface area (Å²) in [4.78, 5) is 23.2. The van der Waals surface area contributed by atoms with Crippen molar-refractivity contribution in [2.45, 2.75) is 0 Å². The van der Waals surface area contributed by atoms with E-state index >= 15 is 0 Å². The molecule has 0 unspecified atom stereocenters. The van der Waals surface area contributed by atoms with Gasteiger partial charge in [-0.3, -0.25) is 9.78 Å². The van der Waals surface area contributed by atoms with Crippen LogP contribution in [-0.2, 0) is 0 Å². The molecule has 1 amide bonds. The summed E-state index contributed by atoms with van der Waals surface area (Å²) in [7, 11) is 3.91. The molecular weight excluding hydrogens is 288 g/mol. The van der Waals surface area contributed by atoms with Gasteiger partial charge in [0.2, 0.25) is 0 Å². The average Bonchev–Trinajstić information content (AvgIpc) is 2.62. The van der Waals surface area contributed by atoms with Gasteiger partial charge in [-0.2, -0.15) is 0 Å². The molecule has 0 aliphatic carbocycles. The van der Waals surface area contributed by atoms with Crippen LogP contribution in [0.25, 0.3) is 0 Å². The molecule has 23 heavy (non-hydrogen) atoms.